The fourth-order valence-electron chi connectivity index (χ4n) is 1.06. The monoisotopic (exact) mass is 294 g/mol. The van der Waals surface area contributed by atoms with E-state index < -0.39 is 11.8 Å². The molecular weight excluding hydrogens is 283 g/mol. The van der Waals surface area contributed by atoms with E-state index in [4.69, 9.17) is 9.47 Å². The highest BCUT2D eigenvalue weighted by Crippen LogP contribution is 2.23. The Morgan fingerprint density at radius 3 is 2.57 bits per heavy atom. The van der Waals surface area contributed by atoms with E-state index in [0.29, 0.717) is 0 Å². The van der Waals surface area contributed by atoms with E-state index in [2.05, 4.69) is 16.1 Å². The second-order valence-corrected chi connectivity index (χ2v) is 3.25. The molecule has 0 aliphatic rings. The van der Waals surface area contributed by atoms with E-state index in [1.54, 1.807) is 0 Å². The number of ether oxygens (including phenoxy) is 4. The van der Waals surface area contributed by atoms with Crippen LogP contribution in [0.4, 0.5) is 4.39 Å². The summed E-state index contributed by atoms with van der Waals surface area (Å²) in [6.45, 7) is 3.41. The predicted molar refractivity (Wildman–Crippen MR) is 69.4 cm³/mol. The molecule has 0 aliphatic carbocycles. The van der Waals surface area contributed by atoms with Crippen molar-refractivity contribution in [2.24, 2.45) is 0 Å². The number of benzene rings is 1. The summed E-state index contributed by atoms with van der Waals surface area (Å²) in [4.78, 5) is 20.6. The molecule has 0 atom stereocenters. The van der Waals surface area contributed by atoms with Crippen molar-refractivity contribution < 1.29 is 32.9 Å². The Morgan fingerprint density at radius 2 is 1.90 bits per heavy atom. The van der Waals surface area contributed by atoms with Gasteiger partial charge in [0.2, 0.25) is 0 Å². The number of carbonyl (C=O) groups is 2. The van der Waals surface area contributed by atoms with Gasteiger partial charge in [-0.2, -0.15) is 0 Å². The van der Waals surface area contributed by atoms with Crippen molar-refractivity contribution in [3.63, 3.8) is 0 Å². The minimum absolute atomic E-state index is 0.0960. The summed E-state index contributed by atoms with van der Waals surface area (Å²) in [6, 6.07) is 3.79. The standard InChI is InChI=1S/C14H11FO6/c1-2-14(17)21-8-7-20-13-4-3-11(9-12(13)15)19-6-5-18-10-16/h2-10H,1H2/b6-5-,8-7-. The van der Waals surface area contributed by atoms with Gasteiger partial charge in [-0.15, -0.1) is 0 Å². The minimum Gasteiger partial charge on any atom is -0.462 e. The number of carbonyl (C=O) groups excluding carboxylic acids is 2. The lowest BCUT2D eigenvalue weighted by Gasteiger charge is -2.04. The average Bonchev–Trinajstić information content (AvgIpc) is 2.49. The number of hydrogen-bond donors (Lipinski definition) is 0. The van der Waals surface area contributed by atoms with Gasteiger partial charge in [0, 0.05) is 12.1 Å². The summed E-state index contributed by atoms with van der Waals surface area (Å²) in [5.41, 5.74) is 0. The van der Waals surface area contributed by atoms with Crippen molar-refractivity contribution in [1.29, 1.82) is 0 Å². The summed E-state index contributed by atoms with van der Waals surface area (Å²) in [6.07, 6.45) is 4.98. The summed E-state index contributed by atoms with van der Waals surface area (Å²) >= 11 is 0. The molecule has 0 saturated carbocycles. The Labute approximate surface area is 119 Å². The van der Waals surface area contributed by atoms with E-state index in [1.165, 1.54) is 12.1 Å². The first-order valence-electron chi connectivity index (χ1n) is 5.52. The van der Waals surface area contributed by atoms with Crippen molar-refractivity contribution >= 4 is 12.4 Å². The smallest absolute Gasteiger partial charge is 0.335 e. The second-order valence-electron chi connectivity index (χ2n) is 3.25. The molecule has 110 valence electrons. The highest BCUT2D eigenvalue weighted by Gasteiger charge is 2.04. The third-order valence-corrected chi connectivity index (χ3v) is 1.90. The van der Waals surface area contributed by atoms with E-state index in [-0.39, 0.29) is 18.0 Å². The lowest BCUT2D eigenvalue weighted by molar-refractivity contribution is -0.132. The molecule has 1 aromatic carbocycles. The van der Waals surface area contributed by atoms with Crippen molar-refractivity contribution in [1.82, 2.24) is 0 Å². The Kier molecular flexibility index (Phi) is 6.78. The fourth-order valence-corrected chi connectivity index (χ4v) is 1.06. The molecule has 1 aromatic rings. The quantitative estimate of drug-likeness (QED) is 0.317. The van der Waals surface area contributed by atoms with Crippen LogP contribution in [0, 0.1) is 5.82 Å². The Bertz CT molecular complexity index is 565. The molecular formula is C14H11FO6. The minimum atomic E-state index is -0.697. The van der Waals surface area contributed by atoms with Crippen LogP contribution in [0.25, 0.3) is 0 Å². The van der Waals surface area contributed by atoms with Crippen molar-refractivity contribution in [3.8, 4) is 11.5 Å². The van der Waals surface area contributed by atoms with Crippen LogP contribution < -0.4 is 9.47 Å². The van der Waals surface area contributed by atoms with E-state index in [9.17, 15) is 14.0 Å². The molecule has 7 heteroatoms. The first kappa shape index (κ1) is 16.0. The summed E-state index contributed by atoms with van der Waals surface area (Å²) in [5.74, 6) is -1.28. The molecule has 6 nitrogen and oxygen atoms in total. The van der Waals surface area contributed by atoms with Crippen LogP contribution in [0.3, 0.4) is 0 Å². The highest BCUT2D eigenvalue weighted by molar-refractivity contribution is 5.81. The molecule has 0 amide bonds. The number of esters is 1. The molecule has 0 unspecified atom stereocenters. The largest absolute Gasteiger partial charge is 0.462 e. The fraction of sp³-hybridized carbons (Fsp3) is 0. The molecule has 1 rings (SSSR count). The molecule has 0 radical (unpaired) electrons. The molecule has 0 bridgehead atoms. The zero-order chi connectivity index (χ0) is 15.5. The van der Waals surface area contributed by atoms with E-state index in [0.717, 1.165) is 37.2 Å². The van der Waals surface area contributed by atoms with Gasteiger partial charge in [-0.05, 0) is 12.1 Å². The lowest BCUT2D eigenvalue weighted by atomic mass is 10.3. The second kappa shape index (κ2) is 8.92. The molecule has 0 fully saturated rings. The van der Waals surface area contributed by atoms with Crippen LogP contribution in [0.1, 0.15) is 0 Å². The molecule has 0 aliphatic heterocycles. The van der Waals surface area contributed by atoms with Crippen LogP contribution in [0.2, 0.25) is 0 Å². The number of rotatable bonds is 8. The highest BCUT2D eigenvalue weighted by atomic mass is 19.1. The molecule has 0 aromatic heterocycles. The Balaban J connectivity index is 2.55. The van der Waals surface area contributed by atoms with Crippen LogP contribution in [-0.4, -0.2) is 12.4 Å². The van der Waals surface area contributed by atoms with Gasteiger partial charge in [0.25, 0.3) is 6.47 Å². The average molecular weight is 294 g/mol. The van der Waals surface area contributed by atoms with Gasteiger partial charge in [-0.25, -0.2) is 9.18 Å². The van der Waals surface area contributed by atoms with Crippen LogP contribution in [-0.2, 0) is 19.1 Å². The maximum atomic E-state index is 13.6. The van der Waals surface area contributed by atoms with E-state index in [1.807, 2.05) is 0 Å². The van der Waals surface area contributed by atoms with Crippen molar-refractivity contribution in [2.75, 3.05) is 0 Å². The topological polar surface area (TPSA) is 71.1 Å². The first-order valence-corrected chi connectivity index (χ1v) is 5.52. The maximum Gasteiger partial charge on any atom is 0.335 e. The zero-order valence-corrected chi connectivity index (χ0v) is 10.7. The van der Waals surface area contributed by atoms with Gasteiger partial charge < -0.3 is 18.9 Å². The molecule has 21 heavy (non-hydrogen) atoms. The lowest BCUT2D eigenvalue weighted by Crippen LogP contribution is -1.94. The van der Waals surface area contributed by atoms with Gasteiger partial charge in [0.15, 0.2) is 11.6 Å². The summed E-state index contributed by atoms with van der Waals surface area (Å²) in [5, 5.41) is 0. The normalized spacial score (nSPS) is 10.3. The number of halogens is 1. The zero-order valence-electron chi connectivity index (χ0n) is 10.7. The molecule has 0 heterocycles. The van der Waals surface area contributed by atoms with Gasteiger partial charge in [0.05, 0.1) is 0 Å². The molecule has 0 spiro atoms. The Morgan fingerprint density at radius 1 is 1.14 bits per heavy atom. The van der Waals surface area contributed by atoms with Gasteiger partial charge >= 0.3 is 5.97 Å². The summed E-state index contributed by atoms with van der Waals surface area (Å²) < 4.78 is 32.2. The van der Waals surface area contributed by atoms with Crippen LogP contribution >= 0.6 is 0 Å². The SMILES string of the molecule is C=CC(=O)O/C=C\Oc1ccc(O/C=C\OC=O)cc1F. The van der Waals surface area contributed by atoms with E-state index >= 15 is 0 Å². The number of hydrogen-bond acceptors (Lipinski definition) is 6. The van der Waals surface area contributed by atoms with Gasteiger partial charge in [-0.1, -0.05) is 6.58 Å². The first-order chi connectivity index (χ1) is 10.2. The molecule has 0 saturated heterocycles. The van der Waals surface area contributed by atoms with Crippen molar-refractivity contribution in [3.05, 3.63) is 61.7 Å². The summed E-state index contributed by atoms with van der Waals surface area (Å²) in [7, 11) is 0. The maximum absolute atomic E-state index is 13.6. The Hall–Kier alpha value is -3.09. The third-order valence-electron chi connectivity index (χ3n) is 1.90. The third kappa shape index (κ3) is 6.06. The van der Waals surface area contributed by atoms with Crippen LogP contribution in [0.15, 0.2) is 55.9 Å². The van der Waals surface area contributed by atoms with Crippen LogP contribution in [0.5, 0.6) is 11.5 Å². The van der Waals surface area contributed by atoms with Gasteiger partial charge in [0.1, 0.15) is 30.8 Å². The van der Waals surface area contributed by atoms with Crippen molar-refractivity contribution in [2.45, 2.75) is 0 Å². The molecule has 0 N–H and O–H groups in total. The predicted octanol–water partition coefficient (Wildman–Crippen LogP) is 2.43. The van der Waals surface area contributed by atoms with Gasteiger partial charge in [-0.3, -0.25) is 4.79 Å².